The number of hydrogen-bond acceptors (Lipinski definition) is 5. The minimum Gasteiger partial charge on any atom is -0.326 e. The molecule has 2 aromatic carbocycles. The summed E-state index contributed by atoms with van der Waals surface area (Å²) in [6, 6.07) is 11.6. The van der Waals surface area contributed by atoms with Crippen LogP contribution < -0.4 is 21.3 Å². The molecule has 0 aliphatic rings. The molecule has 0 aliphatic heterocycles. The fourth-order valence-electron chi connectivity index (χ4n) is 3.26. The Labute approximate surface area is 179 Å². The Morgan fingerprint density at radius 1 is 1.06 bits per heavy atom. The van der Waals surface area contributed by atoms with Crippen LogP contribution in [-0.4, -0.2) is 29.6 Å². The zero-order valence-electron chi connectivity index (χ0n) is 17.3. The molecule has 0 aliphatic carbocycles. The van der Waals surface area contributed by atoms with E-state index in [1.807, 2.05) is 0 Å². The van der Waals surface area contributed by atoms with Crippen molar-refractivity contribution in [2.24, 2.45) is 0 Å². The number of carbonyl (C=O) groups excluding carboxylic acids is 1. The number of aryl methyl sites for hydroxylation is 1. The second-order valence-electron chi connectivity index (χ2n) is 7.13. The van der Waals surface area contributed by atoms with Crippen molar-refractivity contribution in [2.75, 3.05) is 15.8 Å². The van der Waals surface area contributed by atoms with E-state index in [2.05, 4.69) is 15.0 Å². The van der Waals surface area contributed by atoms with Crippen molar-refractivity contribution in [1.82, 2.24) is 9.55 Å². The zero-order valence-corrected chi connectivity index (χ0v) is 18.1. The molecule has 0 fully saturated rings. The van der Waals surface area contributed by atoms with Gasteiger partial charge in [-0.2, -0.15) is 0 Å². The van der Waals surface area contributed by atoms with E-state index in [0.29, 0.717) is 34.3 Å². The van der Waals surface area contributed by atoms with Crippen LogP contribution >= 0.6 is 0 Å². The molecule has 3 N–H and O–H groups in total. The van der Waals surface area contributed by atoms with E-state index in [4.69, 9.17) is 0 Å². The molecule has 0 saturated heterocycles. The number of aromatic nitrogens is 2. The number of nitrogens with one attached hydrogen (secondary N) is 3. The summed E-state index contributed by atoms with van der Waals surface area (Å²) in [4.78, 5) is 38.9. The fourth-order valence-corrected chi connectivity index (χ4v) is 4.46. The average molecular weight is 445 g/mol. The second kappa shape index (κ2) is 9.17. The van der Waals surface area contributed by atoms with Crippen LogP contribution in [0.25, 0.3) is 10.9 Å². The fraction of sp³-hybridized carbons (Fsp3) is 0.286. The molecule has 0 spiro atoms. The third-order valence-corrected chi connectivity index (χ3v) is 6.29. The smallest absolute Gasteiger partial charge is 0.326 e. The predicted molar refractivity (Wildman–Crippen MR) is 121 cm³/mol. The first-order valence-corrected chi connectivity index (χ1v) is 11.5. The number of benzene rings is 2. The number of carbonyl (C=O) groups is 1. The van der Waals surface area contributed by atoms with Crippen molar-refractivity contribution in [1.29, 1.82) is 0 Å². The number of fused-ring (bicyclic) bond motifs is 1. The summed E-state index contributed by atoms with van der Waals surface area (Å²) in [5.74, 6) is -0.343. The van der Waals surface area contributed by atoms with Gasteiger partial charge in [-0.1, -0.05) is 25.1 Å². The summed E-state index contributed by atoms with van der Waals surface area (Å²) in [5.41, 5.74) is 0.850. The molecule has 0 bridgehead atoms. The molecule has 3 aromatic rings. The van der Waals surface area contributed by atoms with Crippen LogP contribution in [0.5, 0.6) is 0 Å². The highest BCUT2D eigenvalue weighted by Gasteiger charge is 2.14. The van der Waals surface area contributed by atoms with Crippen LogP contribution in [-0.2, 0) is 21.4 Å². The van der Waals surface area contributed by atoms with Gasteiger partial charge in [0.2, 0.25) is 15.9 Å². The number of aromatic amines is 1. The van der Waals surface area contributed by atoms with Crippen LogP contribution in [0.1, 0.15) is 25.3 Å². The molecule has 0 unspecified atom stereocenters. The third-order valence-electron chi connectivity index (χ3n) is 4.81. The lowest BCUT2D eigenvalue weighted by Crippen LogP contribution is -2.31. The Kier molecular flexibility index (Phi) is 6.59. The van der Waals surface area contributed by atoms with Gasteiger partial charge in [-0.25, -0.2) is 13.2 Å². The van der Waals surface area contributed by atoms with Crippen molar-refractivity contribution in [2.45, 2.75) is 33.2 Å². The molecule has 1 aromatic heterocycles. The van der Waals surface area contributed by atoms with E-state index < -0.39 is 21.3 Å². The molecule has 0 radical (unpaired) electrons. The van der Waals surface area contributed by atoms with Crippen molar-refractivity contribution in [3.05, 3.63) is 68.9 Å². The lowest BCUT2D eigenvalue weighted by molar-refractivity contribution is -0.116. The summed E-state index contributed by atoms with van der Waals surface area (Å²) in [6.45, 7) is 3.56. The standard InChI is InChI=1S/C21H24N4O5S/c1-3-13-31(29,30)24-17-9-6-8-16(14(17)2)22-19(26)11-12-25-18-10-5-4-7-15(18)20(27)23-21(25)28/h4-10,24H,3,11-13H2,1-2H3,(H,22,26)(H,23,27,28). The lowest BCUT2D eigenvalue weighted by atomic mass is 10.1. The van der Waals surface area contributed by atoms with E-state index in [1.165, 1.54) is 4.57 Å². The van der Waals surface area contributed by atoms with Gasteiger partial charge >= 0.3 is 5.69 Å². The van der Waals surface area contributed by atoms with Crippen molar-refractivity contribution in [3.8, 4) is 0 Å². The number of sulfonamides is 1. The van der Waals surface area contributed by atoms with Crippen LogP contribution in [0.4, 0.5) is 11.4 Å². The Hall–Kier alpha value is -3.40. The highest BCUT2D eigenvalue weighted by molar-refractivity contribution is 7.92. The van der Waals surface area contributed by atoms with E-state index >= 15 is 0 Å². The second-order valence-corrected chi connectivity index (χ2v) is 8.97. The van der Waals surface area contributed by atoms with Crippen LogP contribution in [0.2, 0.25) is 0 Å². The normalized spacial score (nSPS) is 11.4. The third kappa shape index (κ3) is 5.21. The molecule has 0 saturated carbocycles. The summed E-state index contributed by atoms with van der Waals surface area (Å²) < 4.78 is 28.0. The first-order valence-electron chi connectivity index (χ1n) is 9.83. The molecule has 10 heteroatoms. The molecule has 0 atom stereocenters. The SMILES string of the molecule is CCCS(=O)(=O)Nc1cccc(NC(=O)CCn2c(=O)[nH]c(=O)c3ccccc32)c1C. The maximum Gasteiger partial charge on any atom is 0.328 e. The number of hydrogen-bond donors (Lipinski definition) is 3. The summed E-state index contributed by atoms with van der Waals surface area (Å²) >= 11 is 0. The Morgan fingerprint density at radius 3 is 2.52 bits per heavy atom. The van der Waals surface area contributed by atoms with Gasteiger partial charge in [0, 0.05) is 18.7 Å². The van der Waals surface area contributed by atoms with Gasteiger partial charge in [0.1, 0.15) is 0 Å². The number of nitrogens with zero attached hydrogens (tertiary/aromatic N) is 1. The van der Waals surface area contributed by atoms with Gasteiger partial charge in [0.25, 0.3) is 5.56 Å². The van der Waals surface area contributed by atoms with Crippen molar-refractivity contribution in [3.63, 3.8) is 0 Å². The lowest BCUT2D eigenvalue weighted by Gasteiger charge is -2.15. The zero-order chi connectivity index (χ0) is 22.6. The predicted octanol–water partition coefficient (Wildman–Crippen LogP) is 2.18. The number of amides is 1. The number of rotatable bonds is 8. The summed E-state index contributed by atoms with van der Waals surface area (Å²) in [6.07, 6.45) is 0.477. The van der Waals surface area contributed by atoms with Gasteiger partial charge < -0.3 is 5.32 Å². The molecular formula is C21H24N4O5S. The summed E-state index contributed by atoms with van der Waals surface area (Å²) in [7, 11) is -3.46. The quantitative estimate of drug-likeness (QED) is 0.490. The molecule has 164 valence electrons. The van der Waals surface area contributed by atoms with Crippen LogP contribution in [0.3, 0.4) is 0 Å². The van der Waals surface area contributed by atoms with E-state index in [1.54, 1.807) is 56.3 Å². The van der Waals surface area contributed by atoms with Gasteiger partial charge in [0.05, 0.1) is 22.3 Å². The average Bonchev–Trinajstić information content (AvgIpc) is 2.70. The first kappa shape index (κ1) is 22.3. The van der Waals surface area contributed by atoms with Gasteiger partial charge in [-0.15, -0.1) is 0 Å². The van der Waals surface area contributed by atoms with E-state index in [0.717, 1.165) is 0 Å². The molecule has 1 heterocycles. The monoisotopic (exact) mass is 444 g/mol. The van der Waals surface area contributed by atoms with Crippen LogP contribution in [0.15, 0.2) is 52.1 Å². The maximum atomic E-state index is 12.5. The van der Waals surface area contributed by atoms with Crippen molar-refractivity contribution >= 4 is 38.2 Å². The Balaban J connectivity index is 1.76. The summed E-state index contributed by atoms with van der Waals surface area (Å²) in [5, 5.41) is 3.12. The van der Waals surface area contributed by atoms with Gasteiger partial charge in [0.15, 0.2) is 0 Å². The van der Waals surface area contributed by atoms with Gasteiger partial charge in [-0.05, 0) is 43.2 Å². The molecule has 1 amide bonds. The topological polar surface area (TPSA) is 130 Å². The first-order chi connectivity index (χ1) is 14.7. The minimum absolute atomic E-state index is 0.00486. The molecular weight excluding hydrogens is 420 g/mol. The maximum absolute atomic E-state index is 12.5. The van der Waals surface area contributed by atoms with E-state index in [-0.39, 0.29) is 24.6 Å². The molecule has 3 rings (SSSR count). The molecule has 9 nitrogen and oxygen atoms in total. The molecule has 31 heavy (non-hydrogen) atoms. The highest BCUT2D eigenvalue weighted by atomic mass is 32.2. The number of para-hydroxylation sites is 1. The largest absolute Gasteiger partial charge is 0.328 e. The van der Waals surface area contributed by atoms with Crippen LogP contribution in [0, 0.1) is 6.92 Å². The highest BCUT2D eigenvalue weighted by Crippen LogP contribution is 2.24. The van der Waals surface area contributed by atoms with Gasteiger partial charge in [-0.3, -0.25) is 23.9 Å². The minimum atomic E-state index is -3.46. The number of anilines is 2. The Bertz CT molecular complexity index is 1340. The van der Waals surface area contributed by atoms with Crippen molar-refractivity contribution < 1.29 is 13.2 Å². The number of H-pyrrole nitrogens is 1. The Morgan fingerprint density at radius 2 is 1.77 bits per heavy atom. The van der Waals surface area contributed by atoms with E-state index in [9.17, 15) is 22.8 Å².